The van der Waals surface area contributed by atoms with Crippen molar-refractivity contribution < 1.29 is 8.42 Å². The van der Waals surface area contributed by atoms with E-state index in [-0.39, 0.29) is 0 Å². The van der Waals surface area contributed by atoms with Gasteiger partial charge in [-0.3, -0.25) is 0 Å². The van der Waals surface area contributed by atoms with Crippen LogP contribution in [0.25, 0.3) is 0 Å². The van der Waals surface area contributed by atoms with Gasteiger partial charge in [-0.2, -0.15) is 0 Å². The van der Waals surface area contributed by atoms with Crippen LogP contribution in [0.15, 0.2) is 0 Å². The van der Waals surface area contributed by atoms with Crippen LogP contribution in [0.3, 0.4) is 0 Å². The topological polar surface area (TPSA) is 40.6 Å². The Morgan fingerprint density at radius 3 is 2.28 bits per heavy atom. The Labute approximate surface area is 111 Å². The molecule has 2 rings (SSSR count). The van der Waals surface area contributed by atoms with Gasteiger partial charge in [-0.05, 0) is 58.2 Å². The van der Waals surface area contributed by atoms with Gasteiger partial charge in [-0.1, -0.05) is 6.42 Å². The Morgan fingerprint density at radius 1 is 0.944 bits per heavy atom. The highest BCUT2D eigenvalue weighted by atomic mass is 32.2. The van der Waals surface area contributed by atoms with Crippen molar-refractivity contribution in [3.63, 3.8) is 0 Å². The second-order valence-electron chi connectivity index (χ2n) is 5.34. The molecule has 0 unspecified atom stereocenters. The monoisotopic (exact) mass is 273 g/mol. The predicted octanol–water partition coefficient (Wildman–Crippen LogP) is 1.49. The van der Waals surface area contributed by atoms with E-state index in [1.165, 1.54) is 19.3 Å². The number of likely N-dealkylation sites (tertiary alicyclic amines) is 1. The third kappa shape index (κ3) is 4.21. The van der Waals surface area contributed by atoms with Gasteiger partial charge in [0.1, 0.15) is 0 Å². The number of piperidine rings is 2. The van der Waals surface area contributed by atoms with Gasteiger partial charge in [0.2, 0.25) is 10.0 Å². The van der Waals surface area contributed by atoms with Gasteiger partial charge in [-0.15, -0.1) is 0 Å². The molecule has 18 heavy (non-hydrogen) atoms. The number of sulfonamides is 1. The fraction of sp³-hybridized carbons (Fsp3) is 0.923. The zero-order valence-electron chi connectivity index (χ0n) is 11.2. The Kier molecular flexibility index (Phi) is 5.45. The summed E-state index contributed by atoms with van der Waals surface area (Å²) in [6.45, 7) is 4.62. The maximum atomic E-state index is 12.1. The zero-order chi connectivity index (χ0) is 12.8. The summed E-state index contributed by atoms with van der Waals surface area (Å²) in [5.41, 5.74) is 0. The minimum atomic E-state index is -3.00. The highest BCUT2D eigenvalue weighted by Gasteiger charge is 2.23. The Morgan fingerprint density at radius 2 is 1.61 bits per heavy atom. The van der Waals surface area contributed by atoms with E-state index in [9.17, 15) is 8.42 Å². The molecule has 4 nitrogen and oxygen atoms in total. The van der Waals surface area contributed by atoms with Crippen molar-refractivity contribution in [1.82, 2.24) is 9.21 Å². The third-order valence-electron chi connectivity index (χ3n) is 3.88. The lowest BCUT2D eigenvalue weighted by Gasteiger charge is -2.28. The smallest absolute Gasteiger partial charge is 0.214 e. The normalized spacial score (nSPS) is 24.2. The molecule has 0 aromatic heterocycles. The summed E-state index contributed by atoms with van der Waals surface area (Å²) in [5.74, 6) is 0.323. The van der Waals surface area contributed by atoms with E-state index in [2.05, 4.69) is 11.3 Å². The number of rotatable bonds is 5. The lowest BCUT2D eigenvalue weighted by Crippen LogP contribution is -2.38. The molecule has 2 fully saturated rings. The van der Waals surface area contributed by atoms with Crippen LogP contribution in [0.5, 0.6) is 0 Å². The number of hydrogen-bond acceptors (Lipinski definition) is 3. The SMILES string of the molecule is O=S(=O)(CCCN1CCCCC1)N1CC[CH]CC1. The van der Waals surface area contributed by atoms with Gasteiger partial charge < -0.3 is 4.90 Å². The van der Waals surface area contributed by atoms with E-state index >= 15 is 0 Å². The van der Waals surface area contributed by atoms with E-state index in [0.29, 0.717) is 18.8 Å². The molecule has 2 aliphatic rings. The van der Waals surface area contributed by atoms with Gasteiger partial charge >= 0.3 is 0 Å². The Balaban J connectivity index is 1.70. The molecule has 105 valence electrons. The quantitative estimate of drug-likeness (QED) is 0.762. The molecule has 0 spiro atoms. The van der Waals surface area contributed by atoms with E-state index in [4.69, 9.17) is 0 Å². The summed E-state index contributed by atoms with van der Waals surface area (Å²) in [4.78, 5) is 2.41. The van der Waals surface area contributed by atoms with Gasteiger partial charge in [0.15, 0.2) is 0 Å². The number of hydrogen-bond donors (Lipinski definition) is 0. The zero-order valence-corrected chi connectivity index (χ0v) is 12.0. The van der Waals surface area contributed by atoms with Gasteiger partial charge in [0, 0.05) is 13.1 Å². The maximum absolute atomic E-state index is 12.1. The largest absolute Gasteiger partial charge is 0.303 e. The molecule has 0 atom stereocenters. The average molecular weight is 273 g/mol. The summed E-state index contributed by atoms with van der Waals surface area (Å²) >= 11 is 0. The molecule has 2 saturated heterocycles. The van der Waals surface area contributed by atoms with Crippen LogP contribution in [-0.4, -0.2) is 56.1 Å². The molecule has 0 aliphatic carbocycles. The molecule has 2 heterocycles. The molecule has 0 amide bonds. The van der Waals surface area contributed by atoms with Gasteiger partial charge in [-0.25, -0.2) is 12.7 Å². The van der Waals surface area contributed by atoms with Gasteiger partial charge in [0.05, 0.1) is 5.75 Å². The first-order valence-electron chi connectivity index (χ1n) is 7.20. The second-order valence-corrected chi connectivity index (χ2v) is 7.43. The third-order valence-corrected chi connectivity index (χ3v) is 5.84. The van der Waals surface area contributed by atoms with Crippen LogP contribution < -0.4 is 0 Å². The summed E-state index contributed by atoms with van der Waals surface area (Å²) in [7, 11) is -3.00. The maximum Gasteiger partial charge on any atom is 0.214 e. The lowest BCUT2D eigenvalue weighted by atomic mass is 10.1. The molecular formula is C13H25N2O2S. The van der Waals surface area contributed by atoms with Crippen molar-refractivity contribution in [3.05, 3.63) is 6.42 Å². The molecule has 0 aromatic carbocycles. The van der Waals surface area contributed by atoms with Crippen molar-refractivity contribution >= 4 is 10.0 Å². The second kappa shape index (κ2) is 6.87. The fourth-order valence-electron chi connectivity index (χ4n) is 2.79. The summed E-state index contributed by atoms with van der Waals surface area (Å²) in [5, 5.41) is 0. The van der Waals surface area contributed by atoms with E-state index in [1.807, 2.05) is 0 Å². The highest BCUT2D eigenvalue weighted by Crippen LogP contribution is 2.14. The van der Waals surface area contributed by atoms with E-state index < -0.39 is 10.0 Å². The first-order valence-corrected chi connectivity index (χ1v) is 8.81. The Hall–Kier alpha value is -0.130. The minimum Gasteiger partial charge on any atom is -0.303 e. The van der Waals surface area contributed by atoms with Crippen LogP contribution in [0.1, 0.15) is 38.5 Å². The van der Waals surface area contributed by atoms with Crippen LogP contribution >= 0.6 is 0 Å². The standard InChI is InChI=1S/C13H25N2O2S/c16-18(17,15-11-5-2-6-12-15)13-7-10-14-8-3-1-4-9-14/h2H,1,3-13H2. The number of nitrogens with zero attached hydrogens (tertiary/aromatic N) is 2. The van der Waals surface area contributed by atoms with E-state index in [1.54, 1.807) is 4.31 Å². The molecule has 0 aromatic rings. The van der Waals surface area contributed by atoms with Crippen LogP contribution in [0, 0.1) is 6.42 Å². The first kappa shape index (κ1) is 14.3. The Bertz CT molecular complexity index is 331. The average Bonchev–Trinajstić information content (AvgIpc) is 2.41. The molecule has 1 radical (unpaired) electrons. The van der Waals surface area contributed by atoms with Crippen molar-refractivity contribution in [2.75, 3.05) is 38.5 Å². The summed E-state index contributed by atoms with van der Waals surface area (Å²) in [6.07, 6.45) is 8.65. The van der Waals surface area contributed by atoms with Crippen LogP contribution in [0.2, 0.25) is 0 Å². The molecule has 2 aliphatic heterocycles. The van der Waals surface area contributed by atoms with Crippen LogP contribution in [0.4, 0.5) is 0 Å². The fourth-order valence-corrected chi connectivity index (χ4v) is 4.31. The van der Waals surface area contributed by atoms with E-state index in [0.717, 1.165) is 38.9 Å². The molecule has 5 heteroatoms. The molecule has 0 saturated carbocycles. The predicted molar refractivity (Wildman–Crippen MR) is 73.8 cm³/mol. The molecule has 0 N–H and O–H groups in total. The molecule has 0 bridgehead atoms. The van der Waals surface area contributed by atoms with Crippen molar-refractivity contribution in [1.29, 1.82) is 0 Å². The van der Waals surface area contributed by atoms with Gasteiger partial charge in [0.25, 0.3) is 0 Å². The molecular weight excluding hydrogens is 248 g/mol. The van der Waals surface area contributed by atoms with Crippen LogP contribution in [-0.2, 0) is 10.0 Å². The lowest BCUT2D eigenvalue weighted by molar-refractivity contribution is 0.229. The first-order chi connectivity index (χ1) is 8.68. The summed E-state index contributed by atoms with van der Waals surface area (Å²) < 4.78 is 25.9. The highest BCUT2D eigenvalue weighted by molar-refractivity contribution is 7.89. The van der Waals surface area contributed by atoms with Crippen molar-refractivity contribution in [2.24, 2.45) is 0 Å². The minimum absolute atomic E-state index is 0.323. The summed E-state index contributed by atoms with van der Waals surface area (Å²) in [6, 6.07) is 0. The van der Waals surface area contributed by atoms with Crippen molar-refractivity contribution in [3.8, 4) is 0 Å². The van der Waals surface area contributed by atoms with Crippen molar-refractivity contribution in [2.45, 2.75) is 38.5 Å².